The van der Waals surface area contributed by atoms with Gasteiger partial charge in [-0.1, -0.05) is 23.7 Å². The Bertz CT molecular complexity index is 848. The Morgan fingerprint density at radius 1 is 1.44 bits per heavy atom. The lowest BCUT2D eigenvalue weighted by Crippen LogP contribution is -2.34. The van der Waals surface area contributed by atoms with Crippen molar-refractivity contribution in [1.29, 1.82) is 0 Å². The highest BCUT2D eigenvalue weighted by atomic mass is 35.5. The van der Waals surface area contributed by atoms with Gasteiger partial charge < -0.3 is 10.2 Å². The molecule has 1 aliphatic heterocycles. The summed E-state index contributed by atoms with van der Waals surface area (Å²) in [5, 5.41) is 7.93. The van der Waals surface area contributed by atoms with Crippen LogP contribution < -0.4 is 5.32 Å². The normalized spacial score (nSPS) is 17.1. The van der Waals surface area contributed by atoms with E-state index in [1.54, 1.807) is 18.1 Å². The highest BCUT2D eigenvalue weighted by Gasteiger charge is 2.28. The van der Waals surface area contributed by atoms with E-state index in [0.29, 0.717) is 23.0 Å². The predicted octanol–water partition coefficient (Wildman–Crippen LogP) is 3.07. The molecule has 0 radical (unpaired) electrons. The number of fused-ring (bicyclic) bond motifs is 1. The number of hydrogen-bond donors (Lipinski definition) is 1. The van der Waals surface area contributed by atoms with Crippen LogP contribution in [0.4, 0.5) is 0 Å². The summed E-state index contributed by atoms with van der Waals surface area (Å²) in [7, 11) is 1.80. The van der Waals surface area contributed by atoms with Crippen LogP contribution in [0.3, 0.4) is 0 Å². The van der Waals surface area contributed by atoms with Crippen LogP contribution in [0, 0.1) is 5.92 Å². The van der Waals surface area contributed by atoms with E-state index in [9.17, 15) is 9.59 Å². The van der Waals surface area contributed by atoms with Gasteiger partial charge in [0, 0.05) is 32.1 Å². The van der Waals surface area contributed by atoms with Crippen LogP contribution in [0.1, 0.15) is 47.9 Å². The van der Waals surface area contributed by atoms with E-state index in [2.05, 4.69) is 10.4 Å². The van der Waals surface area contributed by atoms with Gasteiger partial charge in [-0.15, -0.1) is 0 Å². The minimum atomic E-state index is -0.106. The average Bonchev–Trinajstić information content (AvgIpc) is 3.07. The lowest BCUT2D eigenvalue weighted by molar-refractivity contribution is -0.119. The van der Waals surface area contributed by atoms with E-state index < -0.39 is 0 Å². The largest absolute Gasteiger partial charge is 0.356 e. The molecule has 2 amide bonds. The highest BCUT2D eigenvalue weighted by Crippen LogP contribution is 2.27. The Balaban J connectivity index is 1.76. The second-order valence-electron chi connectivity index (χ2n) is 7.17. The van der Waals surface area contributed by atoms with Crippen molar-refractivity contribution in [2.75, 3.05) is 13.6 Å². The van der Waals surface area contributed by atoms with Crippen molar-refractivity contribution in [3.05, 3.63) is 52.3 Å². The molecule has 27 heavy (non-hydrogen) atoms. The molecular formula is C20H25ClN4O2. The van der Waals surface area contributed by atoms with Crippen molar-refractivity contribution in [3.8, 4) is 0 Å². The van der Waals surface area contributed by atoms with Crippen molar-refractivity contribution < 1.29 is 9.59 Å². The highest BCUT2D eigenvalue weighted by molar-refractivity contribution is 6.30. The van der Waals surface area contributed by atoms with Gasteiger partial charge in [0.05, 0.1) is 23.5 Å². The van der Waals surface area contributed by atoms with Gasteiger partial charge >= 0.3 is 0 Å². The number of hydrogen-bond acceptors (Lipinski definition) is 3. The molecule has 0 saturated carbocycles. The number of aromatic nitrogens is 2. The zero-order valence-electron chi connectivity index (χ0n) is 15.9. The Morgan fingerprint density at radius 2 is 2.22 bits per heavy atom. The smallest absolute Gasteiger partial charge is 0.257 e. The van der Waals surface area contributed by atoms with E-state index in [1.807, 2.05) is 35.9 Å². The van der Waals surface area contributed by atoms with Crippen LogP contribution in [0.15, 0.2) is 30.5 Å². The lowest BCUT2D eigenvalue weighted by Gasteiger charge is -2.27. The van der Waals surface area contributed by atoms with E-state index in [0.717, 1.165) is 30.6 Å². The first-order chi connectivity index (χ1) is 12.9. The molecule has 0 saturated heterocycles. The molecule has 2 aromatic rings. The average molecular weight is 389 g/mol. The number of amides is 2. The first kappa shape index (κ1) is 19.4. The van der Waals surface area contributed by atoms with Gasteiger partial charge in [-0.25, -0.2) is 0 Å². The van der Waals surface area contributed by atoms with Gasteiger partial charge in [0.2, 0.25) is 5.91 Å². The minimum absolute atomic E-state index is 0.0274. The monoisotopic (exact) mass is 388 g/mol. The van der Waals surface area contributed by atoms with E-state index >= 15 is 0 Å². The maximum atomic E-state index is 13.1. The fourth-order valence-electron chi connectivity index (χ4n) is 3.50. The van der Waals surface area contributed by atoms with Crippen LogP contribution in [0.5, 0.6) is 0 Å². The van der Waals surface area contributed by atoms with Crippen LogP contribution in [-0.2, 0) is 17.8 Å². The first-order valence-electron chi connectivity index (χ1n) is 9.18. The van der Waals surface area contributed by atoms with Gasteiger partial charge in [-0.05, 0) is 43.4 Å². The zero-order valence-corrected chi connectivity index (χ0v) is 16.7. The molecule has 2 heterocycles. The summed E-state index contributed by atoms with van der Waals surface area (Å²) in [5.41, 5.74) is 2.58. The summed E-state index contributed by atoms with van der Waals surface area (Å²) in [6.45, 7) is 4.90. The quantitative estimate of drug-likeness (QED) is 0.855. The Kier molecular flexibility index (Phi) is 5.85. The van der Waals surface area contributed by atoms with Crippen LogP contribution >= 0.6 is 11.6 Å². The third-order valence-electron chi connectivity index (χ3n) is 5.28. The number of rotatable bonds is 5. The van der Waals surface area contributed by atoms with Crippen molar-refractivity contribution in [2.24, 2.45) is 5.92 Å². The molecule has 2 atom stereocenters. The van der Waals surface area contributed by atoms with E-state index in [1.165, 1.54) is 6.92 Å². The summed E-state index contributed by atoms with van der Waals surface area (Å²) in [4.78, 5) is 26.0. The third-order valence-corrected chi connectivity index (χ3v) is 5.52. The fourth-order valence-corrected chi connectivity index (χ4v) is 3.69. The molecule has 0 unspecified atom stereocenters. The maximum absolute atomic E-state index is 13.1. The molecule has 144 valence electrons. The molecule has 0 aliphatic carbocycles. The molecular weight excluding hydrogens is 364 g/mol. The van der Waals surface area contributed by atoms with Gasteiger partial charge in [-0.3, -0.25) is 14.3 Å². The predicted molar refractivity (Wildman–Crippen MR) is 105 cm³/mol. The summed E-state index contributed by atoms with van der Waals surface area (Å²) >= 11 is 6.09. The fraction of sp³-hybridized carbons (Fsp3) is 0.450. The van der Waals surface area contributed by atoms with Crippen molar-refractivity contribution >= 4 is 23.4 Å². The van der Waals surface area contributed by atoms with Gasteiger partial charge in [0.1, 0.15) is 0 Å². The Labute approximate surface area is 164 Å². The minimum Gasteiger partial charge on any atom is -0.356 e. The van der Waals surface area contributed by atoms with Gasteiger partial charge in [0.15, 0.2) is 0 Å². The summed E-state index contributed by atoms with van der Waals surface area (Å²) in [6, 6.07) is 7.46. The molecule has 0 spiro atoms. The molecule has 3 rings (SSSR count). The van der Waals surface area contributed by atoms with Gasteiger partial charge in [-0.2, -0.15) is 5.10 Å². The molecule has 1 aliphatic rings. The maximum Gasteiger partial charge on any atom is 0.257 e. The summed E-state index contributed by atoms with van der Waals surface area (Å²) in [5.74, 6) is 0.240. The topological polar surface area (TPSA) is 67.2 Å². The summed E-state index contributed by atoms with van der Waals surface area (Å²) in [6.07, 6.45) is 3.34. The van der Waals surface area contributed by atoms with E-state index in [4.69, 9.17) is 11.6 Å². The molecule has 6 nitrogen and oxygen atoms in total. The molecule has 7 heteroatoms. The second kappa shape index (κ2) is 8.13. The second-order valence-corrected chi connectivity index (χ2v) is 7.61. The van der Waals surface area contributed by atoms with Crippen molar-refractivity contribution in [1.82, 2.24) is 20.0 Å². The van der Waals surface area contributed by atoms with E-state index in [-0.39, 0.29) is 17.9 Å². The number of benzene rings is 1. The zero-order chi connectivity index (χ0) is 19.6. The van der Waals surface area contributed by atoms with Crippen LogP contribution in [-0.4, -0.2) is 40.1 Å². The number of nitrogens with zero attached hydrogens (tertiary/aromatic N) is 3. The molecule has 1 N–H and O–H groups in total. The van der Waals surface area contributed by atoms with Crippen LogP contribution in [0.25, 0.3) is 0 Å². The van der Waals surface area contributed by atoms with Crippen molar-refractivity contribution in [3.63, 3.8) is 0 Å². The standard InChI is InChI=1S/C20H25ClN4O2/c1-13(16-5-4-6-17(21)10-16)24(3)20(27)18-12-23-25-8-7-15(9-19(18)25)11-22-14(2)26/h4-6,10,12-13,15H,7-9,11H2,1-3H3,(H,22,26)/t13-,15-/m0/s1. The lowest BCUT2D eigenvalue weighted by atomic mass is 9.94. The SMILES string of the molecule is CC(=O)NC[C@H]1CCn2ncc(C(=O)N(C)[C@@H](C)c3cccc(Cl)c3)c2C1. The van der Waals surface area contributed by atoms with Crippen LogP contribution in [0.2, 0.25) is 5.02 Å². The first-order valence-corrected chi connectivity index (χ1v) is 9.56. The number of aryl methyl sites for hydroxylation is 1. The number of carbonyl (C=O) groups is 2. The number of carbonyl (C=O) groups excluding carboxylic acids is 2. The molecule has 0 bridgehead atoms. The molecule has 1 aromatic carbocycles. The van der Waals surface area contributed by atoms with Crippen molar-refractivity contribution in [2.45, 2.75) is 39.3 Å². The molecule has 1 aromatic heterocycles. The third kappa shape index (κ3) is 4.33. The Hall–Kier alpha value is -2.34. The van der Waals surface area contributed by atoms with Gasteiger partial charge in [0.25, 0.3) is 5.91 Å². The summed E-state index contributed by atoms with van der Waals surface area (Å²) < 4.78 is 1.91. The number of nitrogens with one attached hydrogen (secondary N) is 1. The molecule has 0 fully saturated rings. The Morgan fingerprint density at radius 3 is 2.93 bits per heavy atom. The number of halogens is 1.